The number of amidine groups is 1. The van der Waals surface area contributed by atoms with Gasteiger partial charge in [0.2, 0.25) is 0 Å². The molecule has 5 rings (SSSR count). The van der Waals surface area contributed by atoms with Crippen molar-refractivity contribution in [1.82, 2.24) is 9.80 Å². The van der Waals surface area contributed by atoms with Crippen LogP contribution in [0.3, 0.4) is 0 Å². The summed E-state index contributed by atoms with van der Waals surface area (Å²) in [5.74, 6) is 3.72. The third-order valence-corrected chi connectivity index (χ3v) is 7.72. The van der Waals surface area contributed by atoms with E-state index in [0.29, 0.717) is 5.92 Å². The van der Waals surface area contributed by atoms with E-state index < -0.39 is 0 Å². The van der Waals surface area contributed by atoms with Gasteiger partial charge in [-0.25, -0.2) is 4.99 Å². The zero-order chi connectivity index (χ0) is 18.4. The van der Waals surface area contributed by atoms with Gasteiger partial charge < -0.3 is 4.90 Å². The Bertz CT molecular complexity index is 690. The molecule has 4 saturated heterocycles. The van der Waals surface area contributed by atoms with Gasteiger partial charge in [-0.05, 0) is 87.1 Å². The molecule has 4 heterocycles. The number of fused-ring (bicyclic) bond motifs is 2. The number of benzene rings is 1. The quantitative estimate of drug-likeness (QED) is 0.717. The highest BCUT2D eigenvalue weighted by Gasteiger charge is 2.49. The van der Waals surface area contributed by atoms with Crippen molar-refractivity contribution in [3.8, 4) is 0 Å². The highest BCUT2D eigenvalue weighted by atomic mass is 15.3. The zero-order valence-corrected chi connectivity index (χ0v) is 17.1. The lowest BCUT2D eigenvalue weighted by Crippen LogP contribution is -2.66. The first kappa shape index (κ1) is 17.7. The van der Waals surface area contributed by atoms with Crippen LogP contribution in [0.4, 0.5) is 5.69 Å². The van der Waals surface area contributed by atoms with Crippen molar-refractivity contribution in [3.63, 3.8) is 0 Å². The van der Waals surface area contributed by atoms with Gasteiger partial charge in [0.25, 0.3) is 0 Å². The highest BCUT2D eigenvalue weighted by Crippen LogP contribution is 2.45. The standard InChI is InChI=1S/C24H35N3/c1-17(2)18-10-12-20(13-11-18)25-23-9-3-8-22-21-7-5-15-26-14-4-6-19(24(21)26)16-27(22)23/h10-13,17,19,21-22,24H,3-9,14-16H2,1-2H3/t19-,21-,22-,24+/m1/s1. The van der Waals surface area contributed by atoms with E-state index in [1.807, 2.05) is 0 Å². The van der Waals surface area contributed by atoms with Crippen LogP contribution in [0, 0.1) is 11.8 Å². The van der Waals surface area contributed by atoms with Gasteiger partial charge in [-0.1, -0.05) is 26.0 Å². The van der Waals surface area contributed by atoms with Gasteiger partial charge >= 0.3 is 0 Å². The Morgan fingerprint density at radius 2 is 1.74 bits per heavy atom. The van der Waals surface area contributed by atoms with Gasteiger partial charge in [-0.3, -0.25) is 4.90 Å². The summed E-state index contributed by atoms with van der Waals surface area (Å²) in [5, 5.41) is 0. The first-order chi connectivity index (χ1) is 13.2. The average molecular weight is 366 g/mol. The molecule has 0 aliphatic carbocycles. The topological polar surface area (TPSA) is 18.8 Å². The van der Waals surface area contributed by atoms with Gasteiger partial charge in [-0.15, -0.1) is 0 Å². The third kappa shape index (κ3) is 3.22. The fraction of sp³-hybridized carbons (Fsp3) is 0.708. The number of rotatable bonds is 2. The minimum absolute atomic E-state index is 0.588. The summed E-state index contributed by atoms with van der Waals surface area (Å²) in [6.07, 6.45) is 9.53. The van der Waals surface area contributed by atoms with Crippen molar-refractivity contribution in [1.29, 1.82) is 0 Å². The molecule has 1 aromatic rings. The Morgan fingerprint density at radius 1 is 0.963 bits per heavy atom. The van der Waals surface area contributed by atoms with Crippen LogP contribution in [0.5, 0.6) is 0 Å². The Hall–Kier alpha value is -1.35. The predicted octanol–water partition coefficient (Wildman–Crippen LogP) is 5.20. The molecule has 3 heteroatoms. The number of hydrogen-bond donors (Lipinski definition) is 0. The lowest BCUT2D eigenvalue weighted by Gasteiger charge is -2.59. The maximum atomic E-state index is 5.18. The normalized spacial score (nSPS) is 35.2. The fourth-order valence-electron chi connectivity index (χ4n) is 6.48. The predicted molar refractivity (Wildman–Crippen MR) is 113 cm³/mol. The van der Waals surface area contributed by atoms with Crippen LogP contribution in [-0.4, -0.2) is 47.4 Å². The van der Waals surface area contributed by atoms with E-state index >= 15 is 0 Å². The summed E-state index contributed by atoms with van der Waals surface area (Å²) in [5.41, 5.74) is 2.55. The molecule has 0 radical (unpaired) electrons. The second kappa shape index (κ2) is 7.24. The largest absolute Gasteiger partial charge is 0.356 e. The van der Waals surface area contributed by atoms with Crippen LogP contribution in [0.25, 0.3) is 0 Å². The average Bonchev–Trinajstić information content (AvgIpc) is 2.69. The van der Waals surface area contributed by atoms with Crippen molar-refractivity contribution in [2.24, 2.45) is 16.8 Å². The Kier molecular flexibility index (Phi) is 4.75. The number of hydrogen-bond acceptors (Lipinski definition) is 2. The molecule has 146 valence electrons. The van der Waals surface area contributed by atoms with Crippen LogP contribution < -0.4 is 0 Å². The summed E-state index contributed by atoms with van der Waals surface area (Å²) in [6, 6.07) is 10.6. The van der Waals surface area contributed by atoms with Gasteiger partial charge in [0.15, 0.2) is 0 Å². The van der Waals surface area contributed by atoms with Crippen LogP contribution in [0.15, 0.2) is 29.3 Å². The molecule has 27 heavy (non-hydrogen) atoms. The van der Waals surface area contributed by atoms with E-state index in [1.54, 1.807) is 0 Å². The summed E-state index contributed by atoms with van der Waals surface area (Å²) in [7, 11) is 0. The van der Waals surface area contributed by atoms with Gasteiger partial charge in [0, 0.05) is 25.0 Å². The number of aliphatic imine (C=N–C) groups is 1. The van der Waals surface area contributed by atoms with Crippen molar-refractivity contribution in [2.75, 3.05) is 19.6 Å². The van der Waals surface area contributed by atoms with E-state index in [9.17, 15) is 0 Å². The summed E-state index contributed by atoms with van der Waals surface area (Å²) in [4.78, 5) is 10.8. The number of nitrogens with zero attached hydrogens (tertiary/aromatic N) is 3. The first-order valence-corrected chi connectivity index (χ1v) is 11.4. The maximum absolute atomic E-state index is 5.18. The summed E-state index contributed by atoms with van der Waals surface area (Å²) >= 11 is 0. The molecule has 4 aliphatic rings. The van der Waals surface area contributed by atoms with Crippen LogP contribution in [0.2, 0.25) is 0 Å². The number of piperidine rings is 4. The van der Waals surface area contributed by atoms with Gasteiger partial charge in [0.1, 0.15) is 5.84 Å². The monoisotopic (exact) mass is 365 g/mol. The molecular formula is C24H35N3. The Morgan fingerprint density at radius 3 is 2.52 bits per heavy atom. The molecule has 4 atom stereocenters. The molecule has 0 bridgehead atoms. The molecular weight excluding hydrogens is 330 g/mol. The van der Waals surface area contributed by atoms with Crippen LogP contribution in [-0.2, 0) is 0 Å². The molecule has 0 N–H and O–H groups in total. The lowest BCUT2D eigenvalue weighted by atomic mass is 9.68. The summed E-state index contributed by atoms with van der Waals surface area (Å²) in [6.45, 7) is 8.48. The van der Waals surface area contributed by atoms with E-state index in [-0.39, 0.29) is 0 Å². The third-order valence-electron chi connectivity index (χ3n) is 7.72. The molecule has 1 aromatic carbocycles. The van der Waals surface area contributed by atoms with Gasteiger partial charge in [-0.2, -0.15) is 0 Å². The van der Waals surface area contributed by atoms with Crippen LogP contribution >= 0.6 is 0 Å². The van der Waals surface area contributed by atoms with Crippen molar-refractivity contribution < 1.29 is 0 Å². The van der Waals surface area contributed by atoms with Gasteiger partial charge in [0.05, 0.1) is 5.69 Å². The molecule has 3 nitrogen and oxygen atoms in total. The van der Waals surface area contributed by atoms with Crippen molar-refractivity contribution >= 4 is 11.5 Å². The fourth-order valence-corrected chi connectivity index (χ4v) is 6.48. The lowest BCUT2D eigenvalue weighted by molar-refractivity contribution is -0.0604. The van der Waals surface area contributed by atoms with Crippen molar-refractivity contribution in [3.05, 3.63) is 29.8 Å². The highest BCUT2D eigenvalue weighted by molar-refractivity contribution is 5.86. The van der Waals surface area contributed by atoms with E-state index in [0.717, 1.165) is 36.0 Å². The minimum Gasteiger partial charge on any atom is -0.356 e. The van der Waals surface area contributed by atoms with Crippen molar-refractivity contribution in [2.45, 2.75) is 76.8 Å². The molecule has 0 amide bonds. The minimum atomic E-state index is 0.588. The van der Waals surface area contributed by atoms with E-state index in [2.05, 4.69) is 47.9 Å². The van der Waals surface area contributed by atoms with E-state index in [4.69, 9.17) is 4.99 Å². The Balaban J connectivity index is 1.42. The van der Waals surface area contributed by atoms with Crippen LogP contribution in [0.1, 0.15) is 70.3 Å². The molecule has 0 aromatic heterocycles. The SMILES string of the molecule is CC(C)c1ccc(N=C2CCC[C@@H]3[C@H]4CCCN5CCC[C@H](CN23)[C@@H]45)cc1. The Labute approximate surface area is 164 Å². The second-order valence-corrected chi connectivity index (χ2v) is 9.62. The maximum Gasteiger partial charge on any atom is 0.105 e. The summed E-state index contributed by atoms with van der Waals surface area (Å²) < 4.78 is 0. The second-order valence-electron chi connectivity index (χ2n) is 9.62. The first-order valence-electron chi connectivity index (χ1n) is 11.4. The van der Waals surface area contributed by atoms with E-state index in [1.165, 1.54) is 69.6 Å². The molecule has 4 aliphatic heterocycles. The zero-order valence-electron chi connectivity index (χ0n) is 17.1. The molecule has 0 spiro atoms. The molecule has 4 fully saturated rings. The molecule has 0 unspecified atom stereocenters. The smallest absolute Gasteiger partial charge is 0.105 e. The molecule has 0 saturated carbocycles.